The van der Waals surface area contributed by atoms with Gasteiger partial charge in [0.2, 0.25) is 5.91 Å². The number of hydrogen-bond acceptors (Lipinski definition) is 5. The molecule has 0 fully saturated rings. The van der Waals surface area contributed by atoms with E-state index in [9.17, 15) is 4.79 Å². The van der Waals surface area contributed by atoms with Crippen LogP contribution in [0.1, 0.15) is 89.5 Å². The van der Waals surface area contributed by atoms with E-state index in [0.717, 1.165) is 29.7 Å². The zero-order valence-electron chi connectivity index (χ0n) is 20.5. The first-order valence-corrected chi connectivity index (χ1v) is 12.3. The van der Waals surface area contributed by atoms with Gasteiger partial charge in [-0.25, -0.2) is 5.43 Å². The summed E-state index contributed by atoms with van der Waals surface area (Å²) in [4.78, 5) is 12.1. The molecule has 0 atom stereocenters. The molecule has 0 aliphatic carbocycles. The summed E-state index contributed by atoms with van der Waals surface area (Å²) in [5.41, 5.74) is 5.07. The lowest BCUT2D eigenvalue weighted by Crippen LogP contribution is -2.16. The minimum Gasteiger partial charge on any atom is -0.493 e. The number of unbranched alkanes of at least 4 members (excludes halogenated alkanes) is 10. The highest BCUT2D eigenvalue weighted by atomic mass is 16.5. The van der Waals surface area contributed by atoms with Crippen molar-refractivity contribution >= 4 is 12.1 Å². The van der Waals surface area contributed by atoms with Gasteiger partial charge in [0.05, 0.1) is 32.3 Å². The summed E-state index contributed by atoms with van der Waals surface area (Å²) < 4.78 is 10.7. The fourth-order valence-corrected chi connectivity index (χ4v) is 3.80. The number of nitrogens with one attached hydrogen (secondary N) is 2. The number of amides is 1. The fourth-order valence-electron chi connectivity index (χ4n) is 3.80. The first-order valence-electron chi connectivity index (χ1n) is 12.3. The molecule has 0 bridgehead atoms. The molecule has 1 aromatic heterocycles. The van der Waals surface area contributed by atoms with Crippen LogP contribution in [0.3, 0.4) is 0 Å². The smallest absolute Gasteiger partial charge is 0.240 e. The van der Waals surface area contributed by atoms with Crippen LogP contribution < -0.4 is 14.9 Å². The number of benzene rings is 1. The lowest BCUT2D eigenvalue weighted by atomic mass is 10.1. The van der Waals surface area contributed by atoms with Crippen molar-refractivity contribution in [3.8, 4) is 22.8 Å². The molecule has 2 N–H and O–H groups in total. The molecule has 1 amide bonds. The van der Waals surface area contributed by atoms with Gasteiger partial charge in [0.15, 0.2) is 11.5 Å². The molecule has 0 saturated carbocycles. The predicted molar refractivity (Wildman–Crippen MR) is 134 cm³/mol. The van der Waals surface area contributed by atoms with E-state index < -0.39 is 0 Å². The van der Waals surface area contributed by atoms with Crippen molar-refractivity contribution in [2.45, 2.75) is 84.0 Å². The maximum atomic E-state index is 12.1. The maximum absolute atomic E-state index is 12.1. The van der Waals surface area contributed by atoms with Crippen molar-refractivity contribution in [2.75, 3.05) is 14.2 Å². The number of aromatic nitrogens is 2. The molecule has 0 radical (unpaired) electrons. The van der Waals surface area contributed by atoms with E-state index in [-0.39, 0.29) is 5.91 Å². The van der Waals surface area contributed by atoms with Crippen LogP contribution in [-0.2, 0) is 4.79 Å². The minimum atomic E-state index is -0.0571. The molecular formula is C26H40N4O3. The van der Waals surface area contributed by atoms with Gasteiger partial charge in [-0.15, -0.1) is 0 Å². The molecule has 2 aromatic rings. The third kappa shape index (κ3) is 9.68. The molecule has 0 aliphatic rings. The Balaban J connectivity index is 1.66. The zero-order valence-corrected chi connectivity index (χ0v) is 20.5. The van der Waals surface area contributed by atoms with Crippen LogP contribution in [0.15, 0.2) is 29.5 Å². The normalized spacial score (nSPS) is 11.1. The quantitative estimate of drug-likeness (QED) is 0.167. The molecule has 2 rings (SSSR count). The largest absolute Gasteiger partial charge is 0.493 e. The number of aromatic amines is 1. The number of rotatable bonds is 17. The third-order valence-corrected chi connectivity index (χ3v) is 5.74. The molecule has 0 aliphatic heterocycles. The second kappa shape index (κ2) is 15.9. The van der Waals surface area contributed by atoms with Crippen LogP contribution in [-0.4, -0.2) is 36.5 Å². The van der Waals surface area contributed by atoms with Gasteiger partial charge in [0.1, 0.15) is 0 Å². The van der Waals surface area contributed by atoms with Gasteiger partial charge < -0.3 is 9.47 Å². The van der Waals surface area contributed by atoms with Crippen LogP contribution in [0.25, 0.3) is 11.3 Å². The van der Waals surface area contributed by atoms with Gasteiger partial charge in [-0.05, 0) is 24.6 Å². The molecule has 7 heteroatoms. The summed E-state index contributed by atoms with van der Waals surface area (Å²) in [5.74, 6) is 1.23. The van der Waals surface area contributed by atoms with Crippen LogP contribution in [0.4, 0.5) is 0 Å². The number of H-pyrrole nitrogens is 1. The molecule has 33 heavy (non-hydrogen) atoms. The second-order valence-electron chi connectivity index (χ2n) is 8.35. The van der Waals surface area contributed by atoms with Gasteiger partial charge >= 0.3 is 0 Å². The van der Waals surface area contributed by atoms with E-state index in [4.69, 9.17) is 9.47 Å². The summed E-state index contributed by atoms with van der Waals surface area (Å²) >= 11 is 0. The third-order valence-electron chi connectivity index (χ3n) is 5.74. The molecule has 1 aromatic carbocycles. The topological polar surface area (TPSA) is 88.6 Å². The molecular weight excluding hydrogens is 416 g/mol. The van der Waals surface area contributed by atoms with E-state index >= 15 is 0 Å². The van der Waals surface area contributed by atoms with Gasteiger partial charge in [0, 0.05) is 17.5 Å². The monoisotopic (exact) mass is 456 g/mol. The molecule has 0 unspecified atom stereocenters. The number of hydrogen-bond donors (Lipinski definition) is 2. The Labute approximate surface area is 198 Å². The van der Waals surface area contributed by atoms with E-state index in [1.54, 1.807) is 26.6 Å². The lowest BCUT2D eigenvalue weighted by molar-refractivity contribution is -0.121. The van der Waals surface area contributed by atoms with Crippen molar-refractivity contribution in [3.63, 3.8) is 0 Å². The number of carbonyl (C=O) groups excluding carboxylic acids is 1. The standard InChI is InChI=1S/C26H40N4O3/c1-4-5-6-7-8-9-10-11-12-13-14-15-25(31)29-27-19-22-20-28-30-26(22)21-16-17-23(32-2)24(18-21)33-3/h16-20H,4-15H2,1-3H3,(H,28,30)(H,29,31)/b27-19-. The Hall–Kier alpha value is -2.83. The number of nitrogens with zero attached hydrogens (tertiary/aromatic N) is 2. The first kappa shape index (κ1) is 26.4. The summed E-state index contributed by atoms with van der Waals surface area (Å²) in [6, 6.07) is 5.62. The average Bonchev–Trinajstić information content (AvgIpc) is 3.30. The number of ether oxygens (including phenoxy) is 2. The average molecular weight is 457 g/mol. The summed E-state index contributed by atoms with van der Waals surface area (Å²) in [6.07, 6.45) is 17.7. The molecule has 182 valence electrons. The zero-order chi connectivity index (χ0) is 23.7. The van der Waals surface area contributed by atoms with Crippen molar-refractivity contribution in [1.82, 2.24) is 15.6 Å². The van der Waals surface area contributed by atoms with Crippen molar-refractivity contribution < 1.29 is 14.3 Å². The van der Waals surface area contributed by atoms with Crippen molar-refractivity contribution in [3.05, 3.63) is 30.0 Å². The maximum Gasteiger partial charge on any atom is 0.240 e. The highest BCUT2D eigenvalue weighted by Gasteiger charge is 2.10. The number of methoxy groups -OCH3 is 2. The lowest BCUT2D eigenvalue weighted by Gasteiger charge is -2.09. The second-order valence-corrected chi connectivity index (χ2v) is 8.35. The van der Waals surface area contributed by atoms with Gasteiger partial charge in [0.25, 0.3) is 0 Å². The van der Waals surface area contributed by atoms with E-state index in [1.165, 1.54) is 57.8 Å². The Morgan fingerprint density at radius 3 is 2.24 bits per heavy atom. The molecule has 1 heterocycles. The Bertz CT molecular complexity index is 848. The van der Waals surface area contributed by atoms with Gasteiger partial charge in [-0.2, -0.15) is 10.2 Å². The van der Waals surface area contributed by atoms with Gasteiger partial charge in [-0.3, -0.25) is 9.89 Å². The van der Waals surface area contributed by atoms with E-state index in [0.29, 0.717) is 17.9 Å². The summed E-state index contributed by atoms with van der Waals surface area (Å²) in [5, 5.41) is 11.2. The highest BCUT2D eigenvalue weighted by molar-refractivity contribution is 5.89. The van der Waals surface area contributed by atoms with Crippen LogP contribution in [0.2, 0.25) is 0 Å². The molecule has 7 nitrogen and oxygen atoms in total. The highest BCUT2D eigenvalue weighted by Crippen LogP contribution is 2.32. The first-order chi connectivity index (χ1) is 16.2. The summed E-state index contributed by atoms with van der Waals surface area (Å²) in [6.45, 7) is 2.25. The molecule has 0 saturated heterocycles. The minimum absolute atomic E-state index is 0.0571. The van der Waals surface area contributed by atoms with Crippen molar-refractivity contribution in [1.29, 1.82) is 0 Å². The van der Waals surface area contributed by atoms with E-state index in [2.05, 4.69) is 27.6 Å². The fraction of sp³-hybridized carbons (Fsp3) is 0.577. The van der Waals surface area contributed by atoms with E-state index in [1.807, 2.05) is 18.2 Å². The van der Waals surface area contributed by atoms with Crippen LogP contribution in [0, 0.1) is 0 Å². The van der Waals surface area contributed by atoms with Crippen LogP contribution >= 0.6 is 0 Å². The van der Waals surface area contributed by atoms with Gasteiger partial charge in [-0.1, -0.05) is 71.1 Å². The molecule has 0 spiro atoms. The Morgan fingerprint density at radius 1 is 0.970 bits per heavy atom. The Morgan fingerprint density at radius 2 is 1.61 bits per heavy atom. The predicted octanol–water partition coefficient (Wildman–Crippen LogP) is 6.25. The van der Waals surface area contributed by atoms with Crippen LogP contribution in [0.5, 0.6) is 11.5 Å². The number of carbonyl (C=O) groups is 1. The van der Waals surface area contributed by atoms with Crippen molar-refractivity contribution in [2.24, 2.45) is 5.10 Å². The Kier molecular flexibility index (Phi) is 12.7. The number of hydrazone groups is 1. The summed E-state index contributed by atoms with van der Waals surface area (Å²) in [7, 11) is 3.20. The SMILES string of the molecule is CCCCCCCCCCCCCC(=O)N/N=C\c1cn[nH]c1-c1ccc(OC)c(OC)c1.